The summed E-state index contributed by atoms with van der Waals surface area (Å²) in [5, 5.41) is 1.89. The highest BCUT2D eigenvalue weighted by Gasteiger charge is 2.35. The van der Waals surface area contributed by atoms with E-state index in [0.717, 1.165) is 6.07 Å². The van der Waals surface area contributed by atoms with Crippen LogP contribution in [0.2, 0.25) is 5.28 Å². The third-order valence-electron chi connectivity index (χ3n) is 2.19. The Kier molecular flexibility index (Phi) is 5.90. The predicted octanol–water partition coefficient (Wildman–Crippen LogP) is 5.06. The molecule has 3 nitrogen and oxygen atoms in total. The smallest absolute Gasteiger partial charge is 0.337 e. The van der Waals surface area contributed by atoms with Gasteiger partial charge in [0.05, 0.1) is 5.69 Å². The summed E-state index contributed by atoms with van der Waals surface area (Å²) in [4.78, 5) is 6.70. The Morgan fingerprint density at radius 3 is 2.33 bits per heavy atom. The average Bonchev–Trinajstić information content (AvgIpc) is 2.42. The Balaban J connectivity index is 0.00000106. The first kappa shape index (κ1) is 17.2. The first-order chi connectivity index (χ1) is 9.88. The zero-order valence-electron chi connectivity index (χ0n) is 11.2. The maximum absolute atomic E-state index is 13.4. The number of para-hydroxylation sites is 1. The minimum Gasteiger partial charge on any atom is -0.337 e. The van der Waals surface area contributed by atoms with Crippen LogP contribution in [0, 0.1) is 5.82 Å². The number of nitrogens with zero attached hydrogens (tertiary/aromatic N) is 2. The van der Waals surface area contributed by atoms with E-state index in [1.165, 1.54) is 18.2 Å². The molecule has 2 aromatic rings. The van der Waals surface area contributed by atoms with Gasteiger partial charge in [-0.15, -0.1) is 0 Å². The van der Waals surface area contributed by atoms with E-state index in [1.54, 1.807) is 0 Å². The molecule has 0 amide bonds. The summed E-state index contributed by atoms with van der Waals surface area (Å²) in [6.45, 7) is 4.00. The Labute approximate surface area is 124 Å². The number of benzene rings is 1. The van der Waals surface area contributed by atoms with Crippen molar-refractivity contribution < 1.29 is 17.6 Å². The molecular formula is C13H12ClF4N3. The first-order valence-electron chi connectivity index (χ1n) is 5.99. The van der Waals surface area contributed by atoms with Crippen LogP contribution in [0.1, 0.15) is 19.4 Å². The van der Waals surface area contributed by atoms with Crippen molar-refractivity contribution in [3.05, 3.63) is 47.1 Å². The van der Waals surface area contributed by atoms with E-state index < -0.39 is 23.4 Å². The largest absolute Gasteiger partial charge is 0.421 e. The number of halogens is 5. The number of rotatable bonds is 2. The number of aromatic nitrogens is 2. The lowest BCUT2D eigenvalue weighted by molar-refractivity contribution is -0.137. The second-order valence-corrected chi connectivity index (χ2v) is 3.84. The van der Waals surface area contributed by atoms with Gasteiger partial charge in [0, 0.05) is 6.20 Å². The molecule has 0 spiro atoms. The SMILES string of the molecule is CC.Fc1ccccc1Nc1nc(Cl)ncc1C(F)(F)F. The van der Waals surface area contributed by atoms with Gasteiger partial charge < -0.3 is 5.32 Å². The van der Waals surface area contributed by atoms with Crippen LogP contribution in [-0.4, -0.2) is 9.97 Å². The van der Waals surface area contributed by atoms with E-state index in [4.69, 9.17) is 11.6 Å². The fraction of sp³-hybridized carbons (Fsp3) is 0.231. The second-order valence-electron chi connectivity index (χ2n) is 3.50. The zero-order chi connectivity index (χ0) is 16.0. The first-order valence-corrected chi connectivity index (χ1v) is 6.37. The van der Waals surface area contributed by atoms with Crippen molar-refractivity contribution >= 4 is 23.1 Å². The van der Waals surface area contributed by atoms with Crippen molar-refractivity contribution in [3.8, 4) is 0 Å². The van der Waals surface area contributed by atoms with E-state index in [-0.39, 0.29) is 11.0 Å². The van der Waals surface area contributed by atoms with Crippen molar-refractivity contribution in [1.29, 1.82) is 0 Å². The van der Waals surface area contributed by atoms with Crippen molar-refractivity contribution in [2.75, 3.05) is 5.32 Å². The zero-order valence-corrected chi connectivity index (χ0v) is 11.9. The average molecular weight is 322 g/mol. The maximum Gasteiger partial charge on any atom is 0.421 e. The van der Waals surface area contributed by atoms with Crippen molar-refractivity contribution in [2.45, 2.75) is 20.0 Å². The Bertz CT molecular complexity index is 602. The number of hydrogen-bond donors (Lipinski definition) is 1. The monoisotopic (exact) mass is 321 g/mol. The summed E-state index contributed by atoms with van der Waals surface area (Å²) in [6, 6.07) is 5.28. The van der Waals surface area contributed by atoms with Gasteiger partial charge in [-0.1, -0.05) is 26.0 Å². The summed E-state index contributed by atoms with van der Waals surface area (Å²) >= 11 is 5.45. The van der Waals surface area contributed by atoms with Gasteiger partial charge in [0.2, 0.25) is 5.28 Å². The maximum atomic E-state index is 13.4. The fourth-order valence-corrected chi connectivity index (χ4v) is 1.49. The molecule has 0 aliphatic rings. The standard InChI is InChI=1S/C11H6ClF4N3.C2H6/c12-10-17-5-6(11(14,15)16)9(19-10)18-8-4-2-1-3-7(8)13;1-2/h1-5H,(H,17,18,19);1-2H3. The van der Waals surface area contributed by atoms with Gasteiger partial charge in [-0.2, -0.15) is 18.2 Å². The van der Waals surface area contributed by atoms with Crippen LogP contribution in [0.15, 0.2) is 30.5 Å². The highest BCUT2D eigenvalue weighted by molar-refractivity contribution is 6.28. The van der Waals surface area contributed by atoms with E-state index in [0.29, 0.717) is 6.20 Å². The molecule has 1 aromatic carbocycles. The molecule has 0 saturated carbocycles. The predicted molar refractivity (Wildman–Crippen MR) is 73.1 cm³/mol. The highest BCUT2D eigenvalue weighted by Crippen LogP contribution is 2.35. The van der Waals surface area contributed by atoms with Crippen LogP contribution in [0.3, 0.4) is 0 Å². The van der Waals surface area contributed by atoms with Gasteiger partial charge in [-0.3, -0.25) is 0 Å². The third-order valence-corrected chi connectivity index (χ3v) is 2.37. The summed E-state index contributed by atoms with van der Waals surface area (Å²) < 4.78 is 51.6. The molecule has 21 heavy (non-hydrogen) atoms. The number of alkyl halides is 3. The molecule has 1 heterocycles. The Morgan fingerprint density at radius 2 is 1.76 bits per heavy atom. The Morgan fingerprint density at radius 1 is 1.14 bits per heavy atom. The summed E-state index contributed by atoms with van der Waals surface area (Å²) in [6.07, 6.45) is -4.13. The van der Waals surface area contributed by atoms with Gasteiger partial charge in [0.1, 0.15) is 17.2 Å². The topological polar surface area (TPSA) is 37.8 Å². The quantitative estimate of drug-likeness (QED) is 0.620. The molecule has 0 radical (unpaired) electrons. The number of anilines is 2. The molecule has 0 saturated heterocycles. The van der Waals surface area contributed by atoms with Crippen molar-refractivity contribution in [2.24, 2.45) is 0 Å². The molecule has 0 bridgehead atoms. The Hall–Kier alpha value is -1.89. The molecule has 1 aromatic heterocycles. The van der Waals surface area contributed by atoms with E-state index in [2.05, 4.69) is 15.3 Å². The molecule has 0 unspecified atom stereocenters. The lowest BCUT2D eigenvalue weighted by Gasteiger charge is -2.13. The van der Waals surface area contributed by atoms with E-state index in [1.807, 2.05) is 13.8 Å². The van der Waals surface area contributed by atoms with E-state index >= 15 is 0 Å². The molecule has 114 valence electrons. The van der Waals surface area contributed by atoms with Crippen molar-refractivity contribution in [1.82, 2.24) is 9.97 Å². The summed E-state index contributed by atoms with van der Waals surface area (Å²) in [5.74, 6) is -1.30. The molecule has 0 atom stereocenters. The van der Waals surface area contributed by atoms with Crippen LogP contribution in [0.5, 0.6) is 0 Å². The molecular weight excluding hydrogens is 310 g/mol. The van der Waals surface area contributed by atoms with Gasteiger partial charge in [-0.25, -0.2) is 9.37 Å². The minimum absolute atomic E-state index is 0.136. The minimum atomic E-state index is -4.67. The van der Waals surface area contributed by atoms with Gasteiger partial charge in [-0.05, 0) is 23.7 Å². The van der Waals surface area contributed by atoms with Crippen LogP contribution in [0.25, 0.3) is 0 Å². The van der Waals surface area contributed by atoms with Gasteiger partial charge in [0.25, 0.3) is 0 Å². The molecule has 0 aliphatic heterocycles. The van der Waals surface area contributed by atoms with Crippen LogP contribution in [0.4, 0.5) is 29.1 Å². The second kappa shape index (κ2) is 7.21. The van der Waals surface area contributed by atoms with Gasteiger partial charge >= 0.3 is 6.18 Å². The van der Waals surface area contributed by atoms with Gasteiger partial charge in [0.15, 0.2) is 0 Å². The molecule has 0 aliphatic carbocycles. The number of nitrogens with one attached hydrogen (secondary N) is 1. The molecule has 8 heteroatoms. The van der Waals surface area contributed by atoms with Crippen molar-refractivity contribution in [3.63, 3.8) is 0 Å². The number of hydrogen-bond acceptors (Lipinski definition) is 3. The molecule has 0 fully saturated rings. The highest BCUT2D eigenvalue weighted by atomic mass is 35.5. The molecule has 1 N–H and O–H groups in total. The lowest BCUT2D eigenvalue weighted by atomic mass is 10.2. The third kappa shape index (κ3) is 4.56. The van der Waals surface area contributed by atoms with Crippen LogP contribution in [-0.2, 0) is 6.18 Å². The van der Waals surface area contributed by atoms with E-state index in [9.17, 15) is 17.6 Å². The van der Waals surface area contributed by atoms with Crippen LogP contribution < -0.4 is 5.32 Å². The van der Waals surface area contributed by atoms with Crippen LogP contribution >= 0.6 is 11.6 Å². The molecule has 2 rings (SSSR count). The lowest BCUT2D eigenvalue weighted by Crippen LogP contribution is -2.11. The summed E-state index contributed by atoms with van der Waals surface area (Å²) in [5.41, 5.74) is -1.26. The fourth-order valence-electron chi connectivity index (χ4n) is 1.35. The normalized spacial score (nSPS) is 10.6. The summed E-state index contributed by atoms with van der Waals surface area (Å²) in [7, 11) is 0.